The molecule has 0 aliphatic rings. The van der Waals surface area contributed by atoms with E-state index in [4.69, 9.17) is 13.3 Å². The third-order valence-electron chi connectivity index (χ3n) is 11.3. The van der Waals surface area contributed by atoms with Crippen LogP contribution in [-0.4, -0.2) is 80.9 Å². The fraction of sp³-hybridized carbons (Fsp3) is 0.500. The Morgan fingerprint density at radius 2 is 0.690 bits per heavy atom. The van der Waals surface area contributed by atoms with Gasteiger partial charge in [-0.05, 0) is 0 Å². The van der Waals surface area contributed by atoms with Gasteiger partial charge in [0.25, 0.3) is 0 Å². The molecule has 0 bridgehead atoms. The summed E-state index contributed by atoms with van der Waals surface area (Å²) in [6, 6.07) is 29.0. The standard InChI is InChI=1S/3C16H24NOSi.Bi/c3*1-16(2,3)15(18-19(4)5)12-17-11-10-13-8-6-7-9-14(13)17;/h3*7-11,15,19H,12H2,1-5H3;. The van der Waals surface area contributed by atoms with Gasteiger partial charge in [0.2, 0.25) is 0 Å². The maximum atomic E-state index is 6.61. The van der Waals surface area contributed by atoms with Crippen LogP contribution in [0.2, 0.25) is 39.3 Å². The number of rotatable bonds is 15. The normalized spacial score (nSPS) is 14.9. The molecule has 0 saturated carbocycles. The van der Waals surface area contributed by atoms with Crippen LogP contribution in [0.3, 0.4) is 0 Å². The first-order valence-corrected chi connectivity index (χ1v) is 35.2. The predicted octanol–water partition coefficient (Wildman–Crippen LogP) is 9.31. The number of benzene rings is 3. The van der Waals surface area contributed by atoms with Gasteiger partial charge in [-0.25, -0.2) is 0 Å². The summed E-state index contributed by atoms with van der Waals surface area (Å²) < 4.78 is 31.6. The molecule has 3 aromatic carbocycles. The van der Waals surface area contributed by atoms with Crippen molar-refractivity contribution in [1.29, 1.82) is 0 Å². The van der Waals surface area contributed by atoms with Crippen molar-refractivity contribution >= 4 is 91.4 Å². The molecule has 58 heavy (non-hydrogen) atoms. The summed E-state index contributed by atoms with van der Waals surface area (Å²) in [7, 11) is -3.59. The maximum absolute atomic E-state index is 6.61. The van der Waals surface area contributed by atoms with Gasteiger partial charge in [0, 0.05) is 0 Å². The molecule has 3 aromatic heterocycles. The molecular formula is C48H72BiN3O3Si3. The van der Waals surface area contributed by atoms with E-state index >= 15 is 0 Å². The fourth-order valence-corrected chi connectivity index (χ4v) is 20.7. The van der Waals surface area contributed by atoms with Crippen molar-refractivity contribution in [3.63, 3.8) is 0 Å². The van der Waals surface area contributed by atoms with Gasteiger partial charge in [-0.15, -0.1) is 0 Å². The summed E-state index contributed by atoms with van der Waals surface area (Å²) in [4.78, 5) is 0. The third kappa shape index (κ3) is 10.8. The minimum atomic E-state index is -2.84. The monoisotopic (exact) mass is 1030 g/mol. The van der Waals surface area contributed by atoms with Gasteiger partial charge >= 0.3 is 366 Å². The van der Waals surface area contributed by atoms with Gasteiger partial charge in [0.05, 0.1) is 0 Å². The first-order chi connectivity index (χ1) is 27.1. The Hall–Kier alpha value is -2.31. The van der Waals surface area contributed by atoms with Crippen molar-refractivity contribution in [1.82, 2.24) is 13.7 Å². The molecule has 3 atom stereocenters. The van der Waals surface area contributed by atoms with E-state index in [2.05, 4.69) is 207 Å². The van der Waals surface area contributed by atoms with Gasteiger partial charge in [-0.1, -0.05) is 0 Å². The molecule has 6 aromatic rings. The zero-order valence-electron chi connectivity index (χ0n) is 38.3. The van der Waals surface area contributed by atoms with Crippen molar-refractivity contribution in [3.05, 3.63) is 91.4 Å². The Kier molecular flexibility index (Phi) is 14.0. The summed E-state index contributed by atoms with van der Waals surface area (Å²) in [6.07, 6.45) is 7.35. The van der Waals surface area contributed by atoms with Crippen molar-refractivity contribution in [2.45, 2.75) is 140 Å². The molecule has 0 amide bonds. The van der Waals surface area contributed by atoms with Crippen molar-refractivity contribution < 1.29 is 13.3 Å². The molecule has 0 fully saturated rings. The Labute approximate surface area is 363 Å². The summed E-state index contributed by atoms with van der Waals surface area (Å²) >= 11 is -2.84. The van der Waals surface area contributed by atoms with Gasteiger partial charge < -0.3 is 0 Å². The first-order valence-electron chi connectivity index (χ1n) is 21.6. The van der Waals surface area contributed by atoms with Gasteiger partial charge in [0.1, 0.15) is 0 Å². The summed E-state index contributed by atoms with van der Waals surface area (Å²) in [5.41, 5.74) is 4.07. The van der Waals surface area contributed by atoms with E-state index in [0.29, 0.717) is 0 Å². The van der Waals surface area contributed by atoms with Gasteiger partial charge in [0.15, 0.2) is 0 Å². The molecule has 0 saturated heterocycles. The molecule has 314 valence electrons. The summed E-state index contributed by atoms with van der Waals surface area (Å²) in [6.45, 7) is 37.0. The van der Waals surface area contributed by atoms with E-state index in [1.807, 2.05) is 0 Å². The predicted molar refractivity (Wildman–Crippen MR) is 260 cm³/mol. The molecule has 3 heterocycles. The Bertz CT molecular complexity index is 2050. The Balaban J connectivity index is 1.42. The van der Waals surface area contributed by atoms with Crippen LogP contribution in [-0.2, 0) is 32.9 Å². The molecule has 6 rings (SSSR count). The molecular weight excluding hydrogens is 960 g/mol. The van der Waals surface area contributed by atoms with Crippen LogP contribution in [0.1, 0.15) is 62.3 Å². The van der Waals surface area contributed by atoms with Crippen molar-refractivity contribution in [2.24, 2.45) is 16.2 Å². The summed E-state index contributed by atoms with van der Waals surface area (Å²) in [5, 5.41) is 3.95. The van der Waals surface area contributed by atoms with Crippen LogP contribution in [0.25, 0.3) is 32.7 Å². The zero-order valence-corrected chi connectivity index (χ0v) is 45.2. The molecule has 10 heteroatoms. The number of fused-ring (bicyclic) bond motifs is 3. The van der Waals surface area contributed by atoms with E-state index in [0.717, 1.165) is 19.6 Å². The van der Waals surface area contributed by atoms with Crippen molar-refractivity contribution in [2.75, 3.05) is 0 Å². The quantitative estimate of drug-likeness (QED) is 0.0965. The number of hydrogen-bond acceptors (Lipinski definition) is 3. The molecule has 0 aliphatic heterocycles. The Morgan fingerprint density at radius 1 is 0.431 bits per heavy atom. The third-order valence-corrected chi connectivity index (χ3v) is 23.2. The second-order valence-electron chi connectivity index (χ2n) is 20.6. The van der Waals surface area contributed by atoms with Crippen LogP contribution >= 0.6 is 0 Å². The van der Waals surface area contributed by atoms with Crippen LogP contribution in [0.4, 0.5) is 0 Å². The van der Waals surface area contributed by atoms with Crippen LogP contribution in [0.5, 0.6) is 0 Å². The fourth-order valence-electron chi connectivity index (χ4n) is 7.99. The van der Waals surface area contributed by atoms with Crippen LogP contribution in [0.15, 0.2) is 91.4 Å². The number of nitrogens with zero attached hydrogens (tertiary/aromatic N) is 3. The van der Waals surface area contributed by atoms with Crippen LogP contribution < -0.4 is 9.81 Å². The van der Waals surface area contributed by atoms with E-state index in [9.17, 15) is 0 Å². The SMILES string of the molecule is C[SiH](C)OC(Cn1ccc2c[c]([Bi]([c]3ccc4c(ccn4CC(O[SiH](C)C)C(C)(C)C)c3)[c]3ccc4c(ccn4CC(O[SiH](C)C)C(C)(C)C)c3)ccc21)C(C)(C)C. The molecule has 3 unspecified atom stereocenters. The second kappa shape index (κ2) is 18.0. The molecule has 0 N–H and O–H groups in total. The van der Waals surface area contributed by atoms with Gasteiger partial charge in [-0.2, -0.15) is 0 Å². The average molecular weight is 1030 g/mol. The van der Waals surface area contributed by atoms with Crippen LogP contribution in [0, 0.1) is 16.2 Å². The zero-order chi connectivity index (χ0) is 42.3. The summed E-state index contributed by atoms with van der Waals surface area (Å²) in [5.74, 6) is 0. The minimum absolute atomic E-state index is 0.0674. The number of hydrogen-bond donors (Lipinski definition) is 0. The average Bonchev–Trinajstić information content (AvgIpc) is 3.82. The van der Waals surface area contributed by atoms with E-state index in [1.54, 1.807) is 0 Å². The van der Waals surface area contributed by atoms with E-state index < -0.39 is 48.9 Å². The molecule has 0 aliphatic carbocycles. The molecule has 0 radical (unpaired) electrons. The van der Waals surface area contributed by atoms with E-state index in [-0.39, 0.29) is 34.6 Å². The van der Waals surface area contributed by atoms with Crippen molar-refractivity contribution in [3.8, 4) is 0 Å². The Morgan fingerprint density at radius 3 is 0.914 bits per heavy atom. The second-order valence-corrected chi connectivity index (χ2v) is 36.3. The first kappa shape index (κ1) is 45.2. The molecule has 0 spiro atoms. The van der Waals surface area contributed by atoms with Gasteiger partial charge in [-0.3, -0.25) is 0 Å². The topological polar surface area (TPSA) is 42.5 Å². The number of aromatic nitrogens is 3. The molecule has 6 nitrogen and oxygen atoms in total. The van der Waals surface area contributed by atoms with E-state index in [1.165, 1.54) is 42.5 Å².